The van der Waals surface area contributed by atoms with Crippen LogP contribution >= 0.6 is 0 Å². The molecule has 6 aromatic carbocycles. The van der Waals surface area contributed by atoms with Crippen LogP contribution in [0.5, 0.6) is 0 Å². The van der Waals surface area contributed by atoms with Gasteiger partial charge in [0.1, 0.15) is 16.7 Å². The summed E-state index contributed by atoms with van der Waals surface area (Å²) in [6, 6.07) is 46.6. The van der Waals surface area contributed by atoms with Gasteiger partial charge in [0, 0.05) is 50.7 Å². The highest BCUT2D eigenvalue weighted by Crippen LogP contribution is 2.44. The van der Waals surface area contributed by atoms with Crippen molar-refractivity contribution in [1.82, 2.24) is 4.98 Å². The number of hydrogen-bond acceptors (Lipinski definition) is 4. The lowest BCUT2D eigenvalue weighted by Crippen LogP contribution is -2.10. The highest BCUT2D eigenvalue weighted by Gasteiger charge is 2.20. The van der Waals surface area contributed by atoms with E-state index >= 15 is 0 Å². The molecule has 0 saturated carbocycles. The summed E-state index contributed by atoms with van der Waals surface area (Å²) in [5.41, 5.74) is 8.84. The van der Waals surface area contributed by atoms with E-state index in [0.717, 1.165) is 77.3 Å². The summed E-state index contributed by atoms with van der Waals surface area (Å²) in [7, 11) is 0. The molecule has 9 aromatic rings. The second-order valence-corrected chi connectivity index (χ2v) is 10.8. The van der Waals surface area contributed by atoms with Crippen molar-refractivity contribution >= 4 is 71.7 Å². The lowest BCUT2D eigenvalue weighted by molar-refractivity contribution is 0.669. The van der Waals surface area contributed by atoms with Gasteiger partial charge in [0.2, 0.25) is 0 Å². The van der Waals surface area contributed by atoms with Crippen molar-refractivity contribution in [2.75, 3.05) is 4.90 Å². The molecule has 43 heavy (non-hydrogen) atoms. The number of furan rings is 2. The van der Waals surface area contributed by atoms with E-state index in [-0.39, 0.29) is 0 Å². The minimum Gasteiger partial charge on any atom is -0.455 e. The van der Waals surface area contributed by atoms with Gasteiger partial charge >= 0.3 is 0 Å². The number of rotatable bonds is 4. The molecule has 0 radical (unpaired) electrons. The predicted molar refractivity (Wildman–Crippen MR) is 176 cm³/mol. The molecule has 0 amide bonds. The number of para-hydroxylation sites is 2. The minimum atomic E-state index is 0.845. The second kappa shape index (κ2) is 9.33. The highest BCUT2D eigenvalue weighted by molar-refractivity contribution is 6.15. The van der Waals surface area contributed by atoms with E-state index < -0.39 is 0 Å². The normalized spacial score (nSPS) is 11.7. The molecule has 202 valence electrons. The average molecular weight is 553 g/mol. The number of fused-ring (bicyclic) bond motifs is 8. The van der Waals surface area contributed by atoms with E-state index in [4.69, 9.17) is 8.83 Å². The van der Waals surface area contributed by atoms with Crippen LogP contribution in [0, 0.1) is 0 Å². The Balaban J connectivity index is 1.29. The molecule has 4 heteroatoms. The zero-order valence-corrected chi connectivity index (χ0v) is 23.1. The Labute approximate surface area is 247 Å². The summed E-state index contributed by atoms with van der Waals surface area (Å²) in [5.74, 6) is 0. The van der Waals surface area contributed by atoms with Crippen LogP contribution in [0.15, 0.2) is 155 Å². The van der Waals surface area contributed by atoms with Gasteiger partial charge in [-0.05, 0) is 71.1 Å². The number of pyridine rings is 1. The van der Waals surface area contributed by atoms with Crippen LogP contribution in [0.2, 0.25) is 0 Å². The number of benzene rings is 6. The van der Waals surface area contributed by atoms with Crippen molar-refractivity contribution < 1.29 is 8.83 Å². The number of nitrogens with zero attached hydrogens (tertiary/aromatic N) is 2. The molecule has 0 bridgehead atoms. The Kier molecular flexibility index (Phi) is 5.16. The molecule has 0 aliphatic heterocycles. The first-order valence-corrected chi connectivity index (χ1v) is 14.4. The van der Waals surface area contributed by atoms with Crippen LogP contribution in [0.4, 0.5) is 17.1 Å². The average Bonchev–Trinajstić information content (AvgIpc) is 3.65. The molecular formula is C39H24N2O2. The van der Waals surface area contributed by atoms with Crippen molar-refractivity contribution in [2.45, 2.75) is 0 Å². The number of aromatic nitrogens is 1. The minimum absolute atomic E-state index is 0.845. The smallest absolute Gasteiger partial charge is 0.159 e. The SMILES string of the molecule is c1ccc(-c2cccc(N(c3ccc4c(ccc5c6cnccc6oc45)c3)c3cccc4c3oc3ccccc34)c2)cc1. The van der Waals surface area contributed by atoms with Gasteiger partial charge in [0.05, 0.1) is 5.69 Å². The van der Waals surface area contributed by atoms with Crippen LogP contribution in [0.1, 0.15) is 0 Å². The van der Waals surface area contributed by atoms with Gasteiger partial charge in [0.15, 0.2) is 5.58 Å². The molecular weight excluding hydrogens is 528 g/mol. The standard InChI is InChI=1S/C39H24N2O2/c1-2-8-25(9-3-1)26-10-6-11-28(22-26)41(35-14-7-13-32-31-12-4-5-15-36(31)43-39(32)35)29-17-19-30-27(23-29)16-18-33-34-24-40-21-20-37(34)42-38(30)33/h1-24H. The topological polar surface area (TPSA) is 42.4 Å². The van der Waals surface area contributed by atoms with E-state index in [9.17, 15) is 0 Å². The molecule has 0 atom stereocenters. The zero-order valence-electron chi connectivity index (χ0n) is 23.1. The van der Waals surface area contributed by atoms with E-state index in [2.05, 4.69) is 119 Å². The summed E-state index contributed by atoms with van der Waals surface area (Å²) < 4.78 is 12.9. The molecule has 3 heterocycles. The van der Waals surface area contributed by atoms with Gasteiger partial charge in [-0.15, -0.1) is 0 Å². The number of anilines is 3. The first kappa shape index (κ1) is 23.8. The van der Waals surface area contributed by atoms with Crippen LogP contribution in [-0.4, -0.2) is 4.98 Å². The van der Waals surface area contributed by atoms with E-state index in [0.29, 0.717) is 0 Å². The van der Waals surface area contributed by atoms with Crippen LogP contribution in [-0.2, 0) is 0 Å². The van der Waals surface area contributed by atoms with Crippen LogP contribution in [0.3, 0.4) is 0 Å². The van der Waals surface area contributed by atoms with Crippen molar-refractivity contribution in [3.8, 4) is 11.1 Å². The summed E-state index contributed by atoms with van der Waals surface area (Å²) in [6.07, 6.45) is 3.64. The maximum absolute atomic E-state index is 6.54. The van der Waals surface area contributed by atoms with Crippen molar-refractivity contribution in [3.63, 3.8) is 0 Å². The van der Waals surface area contributed by atoms with Crippen molar-refractivity contribution in [3.05, 3.63) is 146 Å². The maximum atomic E-state index is 6.54. The summed E-state index contributed by atoms with van der Waals surface area (Å²) >= 11 is 0. The van der Waals surface area contributed by atoms with E-state index in [1.54, 1.807) is 6.20 Å². The summed E-state index contributed by atoms with van der Waals surface area (Å²) in [4.78, 5) is 6.61. The molecule has 0 saturated heterocycles. The maximum Gasteiger partial charge on any atom is 0.159 e. The van der Waals surface area contributed by atoms with Gasteiger partial charge in [-0.3, -0.25) is 4.98 Å². The van der Waals surface area contributed by atoms with E-state index in [1.807, 2.05) is 30.5 Å². The zero-order chi connectivity index (χ0) is 28.3. The Morgan fingerprint density at radius 1 is 0.465 bits per heavy atom. The molecule has 0 unspecified atom stereocenters. The predicted octanol–water partition coefficient (Wildman–Crippen LogP) is 11.2. The van der Waals surface area contributed by atoms with Crippen LogP contribution < -0.4 is 4.90 Å². The molecule has 0 aliphatic carbocycles. The molecule has 0 N–H and O–H groups in total. The quantitative estimate of drug-likeness (QED) is 0.218. The third kappa shape index (κ3) is 3.74. The molecule has 0 spiro atoms. The molecule has 0 fully saturated rings. The molecule has 3 aromatic heterocycles. The van der Waals surface area contributed by atoms with Gasteiger partial charge in [-0.2, -0.15) is 0 Å². The first-order valence-electron chi connectivity index (χ1n) is 14.4. The summed E-state index contributed by atoms with van der Waals surface area (Å²) in [6.45, 7) is 0. The highest BCUT2D eigenvalue weighted by atomic mass is 16.3. The molecule has 0 aliphatic rings. The van der Waals surface area contributed by atoms with Crippen molar-refractivity contribution in [2.24, 2.45) is 0 Å². The third-order valence-corrected chi connectivity index (χ3v) is 8.33. The van der Waals surface area contributed by atoms with E-state index in [1.165, 1.54) is 5.56 Å². The monoisotopic (exact) mass is 552 g/mol. The Bertz CT molecular complexity index is 2470. The Morgan fingerprint density at radius 3 is 2.14 bits per heavy atom. The van der Waals surface area contributed by atoms with Crippen LogP contribution in [0.25, 0.3) is 65.8 Å². The second-order valence-electron chi connectivity index (χ2n) is 10.8. The first-order chi connectivity index (χ1) is 21.3. The third-order valence-electron chi connectivity index (χ3n) is 8.33. The fraction of sp³-hybridized carbons (Fsp3) is 0. The fourth-order valence-corrected chi connectivity index (χ4v) is 6.32. The van der Waals surface area contributed by atoms with Gasteiger partial charge in [0.25, 0.3) is 0 Å². The molecule has 4 nitrogen and oxygen atoms in total. The van der Waals surface area contributed by atoms with Gasteiger partial charge in [-0.1, -0.05) is 78.9 Å². The lowest BCUT2D eigenvalue weighted by Gasteiger charge is -2.26. The lowest BCUT2D eigenvalue weighted by atomic mass is 10.0. The van der Waals surface area contributed by atoms with Gasteiger partial charge < -0.3 is 13.7 Å². The number of hydrogen-bond donors (Lipinski definition) is 0. The van der Waals surface area contributed by atoms with Crippen molar-refractivity contribution in [1.29, 1.82) is 0 Å². The van der Waals surface area contributed by atoms with Gasteiger partial charge in [-0.25, -0.2) is 0 Å². The largest absolute Gasteiger partial charge is 0.455 e. The Hall–Kier alpha value is -5.87. The molecule has 9 rings (SSSR count). The fourth-order valence-electron chi connectivity index (χ4n) is 6.32. The summed E-state index contributed by atoms with van der Waals surface area (Å²) in [5, 5.41) is 6.46. The Morgan fingerprint density at radius 2 is 1.19 bits per heavy atom.